The fourth-order valence-corrected chi connectivity index (χ4v) is 1.14. The van der Waals surface area contributed by atoms with Crippen LogP contribution in [0.15, 0.2) is 12.8 Å². The second-order valence-corrected chi connectivity index (χ2v) is 4.31. The average molecular weight is 208 g/mol. The van der Waals surface area contributed by atoms with Crippen molar-refractivity contribution in [2.75, 3.05) is 0 Å². The van der Waals surface area contributed by atoms with E-state index in [1.807, 2.05) is 27.7 Å². The topological polar surface area (TPSA) is 44.1 Å². The number of carbonyl (C=O) groups excluding carboxylic acids is 1. The number of ether oxygens (including phenoxy) is 1. The van der Waals surface area contributed by atoms with Crippen molar-refractivity contribution in [2.24, 2.45) is 0 Å². The summed E-state index contributed by atoms with van der Waals surface area (Å²) in [6.07, 6.45) is 2.72. The van der Waals surface area contributed by atoms with E-state index < -0.39 is 11.7 Å². The molecule has 15 heavy (non-hydrogen) atoms. The molecule has 0 saturated carbocycles. The molecule has 4 nitrogen and oxygen atoms in total. The summed E-state index contributed by atoms with van der Waals surface area (Å²) in [7, 11) is 0. The van der Waals surface area contributed by atoms with Crippen molar-refractivity contribution in [3.05, 3.63) is 24.0 Å². The monoisotopic (exact) mass is 208 g/mol. The van der Waals surface area contributed by atoms with Crippen molar-refractivity contribution in [3.63, 3.8) is 0 Å². The number of hydrogen-bond acceptors (Lipinski definition) is 3. The second-order valence-electron chi connectivity index (χ2n) is 4.31. The van der Waals surface area contributed by atoms with E-state index in [1.54, 1.807) is 12.3 Å². The van der Waals surface area contributed by atoms with Gasteiger partial charge in [0, 0.05) is 0 Å². The molecular weight excluding hydrogens is 192 g/mol. The van der Waals surface area contributed by atoms with Crippen LogP contribution in [0.3, 0.4) is 0 Å². The van der Waals surface area contributed by atoms with Gasteiger partial charge in [0.05, 0.1) is 11.9 Å². The van der Waals surface area contributed by atoms with Crippen LogP contribution < -0.4 is 0 Å². The highest BCUT2D eigenvalue weighted by Crippen LogP contribution is 2.13. The molecule has 1 heterocycles. The van der Waals surface area contributed by atoms with Gasteiger partial charge in [0.15, 0.2) is 0 Å². The van der Waals surface area contributed by atoms with Gasteiger partial charge >= 0.3 is 6.09 Å². The number of aryl methyl sites for hydroxylation is 1. The minimum atomic E-state index is -0.518. The molecule has 0 saturated heterocycles. The van der Waals surface area contributed by atoms with E-state index in [2.05, 4.69) is 11.7 Å². The second kappa shape index (κ2) is 3.88. The normalized spacial score (nSPS) is 11.2. The van der Waals surface area contributed by atoms with Gasteiger partial charge in [-0.2, -0.15) is 9.78 Å². The largest absolute Gasteiger partial charge is 0.442 e. The van der Waals surface area contributed by atoms with Gasteiger partial charge in [-0.25, -0.2) is 4.79 Å². The molecule has 0 N–H and O–H groups in total. The van der Waals surface area contributed by atoms with Gasteiger partial charge in [-0.15, -0.1) is 0 Å². The molecule has 0 atom stereocenters. The van der Waals surface area contributed by atoms with E-state index in [0.29, 0.717) is 5.69 Å². The highest BCUT2D eigenvalue weighted by atomic mass is 16.6. The Labute approximate surface area is 89.5 Å². The Bertz CT molecular complexity index is 386. The first-order valence-electron chi connectivity index (χ1n) is 4.75. The summed E-state index contributed by atoms with van der Waals surface area (Å²) in [4.78, 5) is 11.7. The van der Waals surface area contributed by atoms with Gasteiger partial charge in [0.1, 0.15) is 5.60 Å². The van der Waals surface area contributed by atoms with Gasteiger partial charge < -0.3 is 4.74 Å². The quantitative estimate of drug-likeness (QED) is 0.712. The third-order valence-corrected chi connectivity index (χ3v) is 1.76. The Morgan fingerprint density at radius 1 is 1.60 bits per heavy atom. The maximum absolute atomic E-state index is 11.7. The summed E-state index contributed by atoms with van der Waals surface area (Å²) in [5.41, 5.74) is 1.05. The van der Waals surface area contributed by atoms with Crippen LogP contribution in [-0.2, 0) is 4.74 Å². The number of rotatable bonds is 1. The summed E-state index contributed by atoms with van der Waals surface area (Å²) in [5.74, 6) is 0. The summed E-state index contributed by atoms with van der Waals surface area (Å²) < 4.78 is 6.41. The summed E-state index contributed by atoms with van der Waals surface area (Å²) in [6, 6.07) is 0. The standard InChI is InChI=1S/C11H16N2O2/c1-6-9-8(2)7-12-13(9)10(14)15-11(3,4)5/h6-7H,1H2,2-5H3. The van der Waals surface area contributed by atoms with Crippen LogP contribution in [0, 0.1) is 6.92 Å². The third kappa shape index (κ3) is 2.68. The van der Waals surface area contributed by atoms with E-state index in [9.17, 15) is 4.79 Å². The van der Waals surface area contributed by atoms with Crippen molar-refractivity contribution < 1.29 is 9.53 Å². The lowest BCUT2D eigenvalue weighted by atomic mass is 10.2. The van der Waals surface area contributed by atoms with E-state index in [-0.39, 0.29) is 0 Å². The maximum Gasteiger partial charge on any atom is 0.435 e. The van der Waals surface area contributed by atoms with Crippen LogP contribution in [0.4, 0.5) is 4.79 Å². The molecule has 1 aromatic heterocycles. The van der Waals surface area contributed by atoms with Crippen LogP contribution in [0.2, 0.25) is 0 Å². The Hall–Kier alpha value is -1.58. The number of carbonyl (C=O) groups is 1. The molecule has 0 spiro atoms. The Morgan fingerprint density at radius 3 is 2.67 bits per heavy atom. The molecule has 0 aliphatic carbocycles. The van der Waals surface area contributed by atoms with Gasteiger partial charge in [-0.3, -0.25) is 0 Å². The fourth-order valence-electron chi connectivity index (χ4n) is 1.14. The molecule has 82 valence electrons. The van der Waals surface area contributed by atoms with Crippen LogP contribution in [0.5, 0.6) is 0 Å². The molecule has 0 unspecified atom stereocenters. The lowest BCUT2D eigenvalue weighted by Crippen LogP contribution is -2.28. The smallest absolute Gasteiger partial charge is 0.435 e. The van der Waals surface area contributed by atoms with Crippen LogP contribution in [0.25, 0.3) is 6.08 Å². The van der Waals surface area contributed by atoms with E-state index in [1.165, 1.54) is 4.68 Å². The molecule has 0 amide bonds. The van der Waals surface area contributed by atoms with E-state index in [0.717, 1.165) is 5.56 Å². The van der Waals surface area contributed by atoms with E-state index in [4.69, 9.17) is 4.74 Å². The van der Waals surface area contributed by atoms with Crippen molar-refractivity contribution in [1.29, 1.82) is 0 Å². The van der Waals surface area contributed by atoms with Gasteiger partial charge in [0.2, 0.25) is 0 Å². The van der Waals surface area contributed by atoms with Crippen molar-refractivity contribution in [3.8, 4) is 0 Å². The lowest BCUT2D eigenvalue weighted by molar-refractivity contribution is 0.0513. The highest BCUT2D eigenvalue weighted by Gasteiger charge is 2.20. The molecule has 0 aliphatic rings. The number of hydrogen-bond donors (Lipinski definition) is 0. The Kier molecular flexibility index (Phi) is 2.98. The zero-order valence-corrected chi connectivity index (χ0v) is 9.57. The molecule has 1 aromatic rings. The molecule has 0 fully saturated rings. The zero-order valence-electron chi connectivity index (χ0n) is 9.57. The lowest BCUT2D eigenvalue weighted by Gasteiger charge is -2.19. The first-order chi connectivity index (χ1) is 6.85. The third-order valence-electron chi connectivity index (χ3n) is 1.76. The number of aromatic nitrogens is 2. The zero-order chi connectivity index (χ0) is 11.6. The molecular formula is C11H16N2O2. The Morgan fingerprint density at radius 2 is 2.20 bits per heavy atom. The van der Waals surface area contributed by atoms with Crippen molar-refractivity contribution >= 4 is 12.2 Å². The molecule has 4 heteroatoms. The van der Waals surface area contributed by atoms with Crippen LogP contribution in [-0.4, -0.2) is 21.5 Å². The van der Waals surface area contributed by atoms with Crippen LogP contribution >= 0.6 is 0 Å². The van der Waals surface area contributed by atoms with Crippen LogP contribution in [0.1, 0.15) is 32.0 Å². The predicted molar refractivity (Wildman–Crippen MR) is 58.7 cm³/mol. The minimum Gasteiger partial charge on any atom is -0.442 e. The average Bonchev–Trinajstić information content (AvgIpc) is 2.43. The van der Waals surface area contributed by atoms with Gasteiger partial charge in [0.25, 0.3) is 0 Å². The summed E-state index contributed by atoms with van der Waals surface area (Å²) >= 11 is 0. The summed E-state index contributed by atoms with van der Waals surface area (Å²) in [6.45, 7) is 10.9. The SMILES string of the molecule is C=Cc1c(C)cnn1C(=O)OC(C)(C)C. The molecule has 0 radical (unpaired) electrons. The minimum absolute atomic E-state index is 0.481. The Balaban J connectivity index is 2.97. The molecule has 0 aromatic carbocycles. The van der Waals surface area contributed by atoms with Crippen molar-refractivity contribution in [2.45, 2.75) is 33.3 Å². The van der Waals surface area contributed by atoms with Gasteiger partial charge in [-0.05, 0) is 39.3 Å². The fraction of sp³-hybridized carbons (Fsp3) is 0.455. The first kappa shape index (κ1) is 11.5. The molecule has 0 aliphatic heterocycles. The molecule has 1 rings (SSSR count). The highest BCUT2D eigenvalue weighted by molar-refractivity contribution is 5.73. The van der Waals surface area contributed by atoms with Gasteiger partial charge in [-0.1, -0.05) is 6.58 Å². The van der Waals surface area contributed by atoms with Crippen molar-refractivity contribution in [1.82, 2.24) is 9.78 Å². The van der Waals surface area contributed by atoms with E-state index >= 15 is 0 Å². The predicted octanol–water partition coefficient (Wildman–Crippen LogP) is 2.62. The summed E-state index contributed by atoms with van der Waals surface area (Å²) in [5, 5.41) is 3.94. The maximum atomic E-state index is 11.7. The first-order valence-corrected chi connectivity index (χ1v) is 4.75. The molecule has 0 bridgehead atoms. The number of nitrogens with zero attached hydrogens (tertiary/aromatic N) is 2.